The van der Waals surface area contributed by atoms with Gasteiger partial charge in [-0.05, 0) is 67.6 Å². The summed E-state index contributed by atoms with van der Waals surface area (Å²) in [6, 6.07) is 8.28. The van der Waals surface area contributed by atoms with Crippen molar-refractivity contribution >= 4 is 28.2 Å². The predicted molar refractivity (Wildman–Crippen MR) is 148 cm³/mol. The van der Waals surface area contributed by atoms with Crippen molar-refractivity contribution in [1.29, 1.82) is 0 Å². The lowest BCUT2D eigenvalue weighted by molar-refractivity contribution is -0.137. The smallest absolute Gasteiger partial charge is 0.352 e. The Hall–Kier alpha value is -3.86. The van der Waals surface area contributed by atoms with Gasteiger partial charge in [0.1, 0.15) is 0 Å². The van der Waals surface area contributed by atoms with Gasteiger partial charge >= 0.3 is 12.2 Å². The third kappa shape index (κ3) is 5.99. The maximum Gasteiger partial charge on any atom is 0.416 e. The van der Waals surface area contributed by atoms with E-state index in [-0.39, 0.29) is 18.5 Å². The lowest BCUT2D eigenvalue weighted by Gasteiger charge is -2.34. The lowest BCUT2D eigenvalue weighted by Crippen LogP contribution is -2.50. The minimum atomic E-state index is -4.47. The van der Waals surface area contributed by atoms with Gasteiger partial charge in [-0.1, -0.05) is 18.2 Å². The summed E-state index contributed by atoms with van der Waals surface area (Å²) in [6.07, 6.45) is 0.335. The molecule has 4 aromatic rings. The number of rotatable bonds is 5. The molecule has 0 saturated carbocycles. The van der Waals surface area contributed by atoms with Crippen LogP contribution >= 0.6 is 11.3 Å². The van der Waals surface area contributed by atoms with E-state index in [0.717, 1.165) is 28.4 Å². The standard InChI is InChI=1S/C29H30F3N5O2S/c1-28(2,3)35-26(39)36-12-10-22-21(18-5-4-6-19(15-18)29(30,31)32)7-8-23(24(22)17-36)25(38)33-11-9-20-16-37-13-14-40-27(37)34-20/h4-8,13-16H,9-12,17H2,1-3H3,(H,33,38)(H,35,39). The molecule has 0 saturated heterocycles. The van der Waals surface area contributed by atoms with E-state index in [4.69, 9.17) is 0 Å². The van der Waals surface area contributed by atoms with Gasteiger partial charge in [0, 0.05) is 54.9 Å². The van der Waals surface area contributed by atoms with E-state index < -0.39 is 17.3 Å². The van der Waals surface area contributed by atoms with Crippen LogP contribution in [0.2, 0.25) is 0 Å². The molecule has 1 aliphatic rings. The number of hydrogen-bond donors (Lipinski definition) is 2. The topological polar surface area (TPSA) is 78.7 Å². The number of hydrogen-bond acceptors (Lipinski definition) is 4. The Labute approximate surface area is 234 Å². The molecule has 210 valence electrons. The molecule has 0 unspecified atom stereocenters. The summed E-state index contributed by atoms with van der Waals surface area (Å²) in [4.78, 5) is 33.4. The van der Waals surface area contributed by atoms with Crippen molar-refractivity contribution < 1.29 is 22.8 Å². The summed E-state index contributed by atoms with van der Waals surface area (Å²) in [6.45, 7) is 6.57. The maximum absolute atomic E-state index is 13.4. The average molecular weight is 570 g/mol. The number of nitrogens with one attached hydrogen (secondary N) is 2. The Morgan fingerprint density at radius 3 is 2.62 bits per heavy atom. The van der Waals surface area contributed by atoms with Crippen molar-refractivity contribution in [2.75, 3.05) is 13.1 Å². The molecule has 2 aromatic carbocycles. The van der Waals surface area contributed by atoms with Gasteiger partial charge in [0.05, 0.1) is 11.3 Å². The molecular formula is C29H30F3N5O2S. The van der Waals surface area contributed by atoms with Crippen LogP contribution in [0.5, 0.6) is 0 Å². The molecule has 1 aliphatic heterocycles. The highest BCUT2D eigenvalue weighted by Gasteiger charge is 2.32. The Bertz CT molecular complexity index is 1540. The highest BCUT2D eigenvalue weighted by molar-refractivity contribution is 7.15. The largest absolute Gasteiger partial charge is 0.416 e. The van der Waals surface area contributed by atoms with Gasteiger partial charge in [0.25, 0.3) is 5.91 Å². The zero-order valence-corrected chi connectivity index (χ0v) is 23.2. The molecule has 0 atom stereocenters. The molecule has 40 heavy (non-hydrogen) atoms. The van der Waals surface area contributed by atoms with Gasteiger partial charge in [-0.2, -0.15) is 13.2 Å². The highest BCUT2D eigenvalue weighted by Crippen LogP contribution is 2.36. The molecule has 3 heterocycles. The average Bonchev–Trinajstić information content (AvgIpc) is 3.48. The number of nitrogens with zero attached hydrogens (tertiary/aromatic N) is 3. The van der Waals surface area contributed by atoms with Gasteiger partial charge < -0.3 is 15.5 Å². The molecule has 0 bridgehead atoms. The number of carbonyl (C=O) groups is 2. The van der Waals surface area contributed by atoms with Crippen molar-refractivity contribution in [2.45, 2.75) is 51.9 Å². The molecule has 11 heteroatoms. The van der Waals surface area contributed by atoms with Crippen LogP contribution in [0.15, 0.2) is 54.2 Å². The Morgan fingerprint density at radius 1 is 1.10 bits per heavy atom. The number of amides is 3. The third-order valence-corrected chi connectivity index (χ3v) is 7.51. The van der Waals surface area contributed by atoms with Gasteiger partial charge in [-0.25, -0.2) is 9.78 Å². The van der Waals surface area contributed by atoms with E-state index in [1.54, 1.807) is 23.1 Å². The molecule has 2 N–H and O–H groups in total. The summed E-state index contributed by atoms with van der Waals surface area (Å²) in [5.74, 6) is -0.300. The summed E-state index contributed by atoms with van der Waals surface area (Å²) in [5, 5.41) is 7.85. The van der Waals surface area contributed by atoms with Crippen LogP contribution in [0, 0.1) is 0 Å². The molecule has 5 rings (SSSR count). The van der Waals surface area contributed by atoms with Crippen LogP contribution in [0.1, 0.15) is 53.5 Å². The molecular weight excluding hydrogens is 539 g/mol. The zero-order chi connectivity index (χ0) is 28.7. The van der Waals surface area contributed by atoms with Gasteiger partial charge in [-0.3, -0.25) is 9.20 Å². The fraction of sp³-hybridized carbons (Fsp3) is 0.345. The van der Waals surface area contributed by atoms with Crippen molar-refractivity contribution in [3.05, 3.63) is 82.1 Å². The molecule has 2 aromatic heterocycles. The van der Waals surface area contributed by atoms with Crippen molar-refractivity contribution in [2.24, 2.45) is 0 Å². The van der Waals surface area contributed by atoms with Crippen LogP contribution in [0.4, 0.5) is 18.0 Å². The summed E-state index contributed by atoms with van der Waals surface area (Å²) >= 11 is 1.53. The Morgan fingerprint density at radius 2 is 1.90 bits per heavy atom. The number of fused-ring (bicyclic) bond motifs is 2. The van der Waals surface area contributed by atoms with E-state index in [1.807, 2.05) is 42.9 Å². The first-order valence-electron chi connectivity index (χ1n) is 13.0. The van der Waals surface area contributed by atoms with Crippen LogP contribution in [0.3, 0.4) is 0 Å². The second-order valence-electron chi connectivity index (χ2n) is 10.9. The molecule has 0 aliphatic carbocycles. The zero-order valence-electron chi connectivity index (χ0n) is 22.4. The summed E-state index contributed by atoms with van der Waals surface area (Å²) in [7, 11) is 0. The fourth-order valence-electron chi connectivity index (χ4n) is 4.89. The number of thiazole rings is 1. The van der Waals surface area contributed by atoms with E-state index in [1.165, 1.54) is 17.4 Å². The fourth-order valence-corrected chi connectivity index (χ4v) is 5.61. The molecule has 0 fully saturated rings. The third-order valence-electron chi connectivity index (χ3n) is 6.74. The second kappa shape index (κ2) is 10.6. The van der Waals surface area contributed by atoms with Crippen LogP contribution in [-0.2, 0) is 25.6 Å². The van der Waals surface area contributed by atoms with Crippen LogP contribution in [0.25, 0.3) is 16.1 Å². The van der Waals surface area contributed by atoms with E-state index in [2.05, 4.69) is 15.6 Å². The number of carbonyl (C=O) groups excluding carboxylic acids is 2. The number of aromatic nitrogens is 2. The monoisotopic (exact) mass is 569 g/mol. The van der Waals surface area contributed by atoms with E-state index in [9.17, 15) is 22.8 Å². The first kappa shape index (κ1) is 27.7. The van der Waals surface area contributed by atoms with Crippen molar-refractivity contribution in [3.8, 4) is 11.1 Å². The predicted octanol–water partition coefficient (Wildman–Crippen LogP) is 5.92. The van der Waals surface area contributed by atoms with Gasteiger partial charge in [0.2, 0.25) is 0 Å². The quantitative estimate of drug-likeness (QED) is 0.313. The van der Waals surface area contributed by atoms with Gasteiger partial charge in [-0.15, -0.1) is 11.3 Å². The second-order valence-corrected chi connectivity index (χ2v) is 11.8. The molecule has 7 nitrogen and oxygen atoms in total. The van der Waals surface area contributed by atoms with Gasteiger partial charge in [0.15, 0.2) is 4.96 Å². The van der Waals surface area contributed by atoms with E-state index in [0.29, 0.717) is 48.2 Å². The van der Waals surface area contributed by atoms with Crippen molar-refractivity contribution in [3.63, 3.8) is 0 Å². The summed E-state index contributed by atoms with van der Waals surface area (Å²) in [5.41, 5.74) is 2.56. The first-order chi connectivity index (χ1) is 18.9. The number of imidazole rings is 1. The van der Waals surface area contributed by atoms with Crippen LogP contribution < -0.4 is 10.6 Å². The molecule has 0 spiro atoms. The number of urea groups is 1. The first-order valence-corrected chi connectivity index (χ1v) is 13.9. The molecule has 0 radical (unpaired) electrons. The van der Waals surface area contributed by atoms with Crippen LogP contribution in [-0.4, -0.2) is 44.9 Å². The normalized spacial score (nSPS) is 13.8. The van der Waals surface area contributed by atoms with E-state index >= 15 is 0 Å². The highest BCUT2D eigenvalue weighted by atomic mass is 32.1. The number of halogens is 3. The summed E-state index contributed by atoms with van der Waals surface area (Å²) < 4.78 is 42.3. The number of alkyl halides is 3. The van der Waals surface area contributed by atoms with Crippen molar-refractivity contribution in [1.82, 2.24) is 24.9 Å². The number of benzene rings is 2. The SMILES string of the molecule is CC(C)(C)NC(=O)N1CCc2c(-c3cccc(C(F)(F)F)c3)ccc(C(=O)NCCc3cn4ccsc4n3)c2C1. The lowest BCUT2D eigenvalue weighted by atomic mass is 9.87. The minimum Gasteiger partial charge on any atom is -0.352 e. The maximum atomic E-state index is 13.4. The Balaban J connectivity index is 1.43. The molecule has 3 amide bonds. The minimum absolute atomic E-state index is 0.171. The Kier molecular flexibility index (Phi) is 7.34.